The molecular formula is C14H13F4NS. The van der Waals surface area contributed by atoms with E-state index >= 15 is 0 Å². The molecule has 0 spiro atoms. The third kappa shape index (κ3) is 3.58. The smallest absolute Gasteiger partial charge is 0.324 e. The highest BCUT2D eigenvalue weighted by molar-refractivity contribution is 7.07. The summed E-state index contributed by atoms with van der Waals surface area (Å²) in [5.74, 6) is -0.698. The third-order valence-electron chi connectivity index (χ3n) is 3.05. The molecule has 1 atom stereocenters. The number of benzene rings is 1. The molecule has 108 valence electrons. The van der Waals surface area contributed by atoms with Gasteiger partial charge in [0.2, 0.25) is 0 Å². The summed E-state index contributed by atoms with van der Waals surface area (Å²) in [6.07, 6.45) is -3.48. The largest absolute Gasteiger partial charge is 0.416 e. The molecule has 0 radical (unpaired) electrons. The summed E-state index contributed by atoms with van der Waals surface area (Å²) in [5, 5.41) is 3.85. The highest BCUT2D eigenvalue weighted by Crippen LogP contribution is 2.32. The Bertz CT molecular complexity index is 563. The number of hydrogen-bond donors (Lipinski definition) is 1. The summed E-state index contributed by atoms with van der Waals surface area (Å²) in [6, 6.07) is 3.51. The molecule has 2 aromatic rings. The number of hydrogen-bond acceptors (Lipinski definition) is 2. The average molecular weight is 303 g/mol. The van der Waals surface area contributed by atoms with E-state index in [2.05, 4.69) is 0 Å². The molecular weight excluding hydrogens is 290 g/mol. The summed E-state index contributed by atoms with van der Waals surface area (Å²) in [6.45, 7) is 0. The topological polar surface area (TPSA) is 26.0 Å². The van der Waals surface area contributed by atoms with Crippen LogP contribution in [0.25, 0.3) is 0 Å². The summed E-state index contributed by atoms with van der Waals surface area (Å²) < 4.78 is 51.5. The van der Waals surface area contributed by atoms with Crippen LogP contribution in [0, 0.1) is 5.82 Å². The zero-order valence-corrected chi connectivity index (χ0v) is 11.3. The second-order valence-corrected chi connectivity index (χ2v) is 5.29. The molecule has 2 rings (SSSR count). The van der Waals surface area contributed by atoms with Crippen LogP contribution >= 0.6 is 11.3 Å². The highest BCUT2D eigenvalue weighted by Gasteiger charge is 2.31. The van der Waals surface area contributed by atoms with Crippen molar-refractivity contribution in [3.05, 3.63) is 57.5 Å². The van der Waals surface area contributed by atoms with Gasteiger partial charge < -0.3 is 5.73 Å². The van der Waals surface area contributed by atoms with Crippen molar-refractivity contribution in [2.75, 3.05) is 0 Å². The van der Waals surface area contributed by atoms with Gasteiger partial charge in [-0.15, -0.1) is 0 Å². The van der Waals surface area contributed by atoms with Gasteiger partial charge in [-0.2, -0.15) is 24.5 Å². The van der Waals surface area contributed by atoms with Crippen molar-refractivity contribution in [3.8, 4) is 0 Å². The van der Waals surface area contributed by atoms with E-state index in [0.717, 1.165) is 23.8 Å². The molecule has 1 heterocycles. The lowest BCUT2D eigenvalue weighted by Gasteiger charge is -2.15. The Morgan fingerprint density at radius 3 is 2.55 bits per heavy atom. The van der Waals surface area contributed by atoms with E-state index in [9.17, 15) is 17.6 Å². The Kier molecular flexibility index (Phi) is 4.45. The fourth-order valence-corrected chi connectivity index (χ4v) is 2.62. The van der Waals surface area contributed by atoms with Crippen LogP contribution in [0.4, 0.5) is 17.6 Å². The van der Waals surface area contributed by atoms with E-state index in [-0.39, 0.29) is 5.56 Å². The lowest BCUT2D eigenvalue weighted by atomic mass is 9.98. The van der Waals surface area contributed by atoms with Gasteiger partial charge in [0.25, 0.3) is 0 Å². The molecule has 0 fully saturated rings. The molecule has 1 aromatic heterocycles. The van der Waals surface area contributed by atoms with Crippen LogP contribution in [-0.4, -0.2) is 0 Å². The van der Waals surface area contributed by atoms with Crippen molar-refractivity contribution < 1.29 is 17.6 Å². The number of nitrogens with two attached hydrogens (primary N) is 1. The van der Waals surface area contributed by atoms with Crippen LogP contribution in [0.3, 0.4) is 0 Å². The first-order chi connectivity index (χ1) is 9.38. The molecule has 0 aliphatic rings. The number of alkyl halides is 3. The van der Waals surface area contributed by atoms with Gasteiger partial charge in [-0.1, -0.05) is 0 Å². The van der Waals surface area contributed by atoms with Crippen molar-refractivity contribution in [1.82, 2.24) is 0 Å². The van der Waals surface area contributed by atoms with Crippen LogP contribution in [0.5, 0.6) is 0 Å². The zero-order chi connectivity index (χ0) is 14.8. The molecule has 0 bridgehead atoms. The Hall–Kier alpha value is -1.40. The second-order valence-electron chi connectivity index (χ2n) is 4.51. The number of rotatable bonds is 4. The van der Waals surface area contributed by atoms with Crippen LogP contribution in [0.15, 0.2) is 35.0 Å². The van der Waals surface area contributed by atoms with Crippen LogP contribution in [0.1, 0.15) is 29.2 Å². The van der Waals surface area contributed by atoms with Gasteiger partial charge in [-0.05, 0) is 53.4 Å². The molecule has 0 amide bonds. The summed E-state index contributed by atoms with van der Waals surface area (Å²) in [5.41, 5.74) is 5.91. The maximum Gasteiger partial charge on any atom is 0.416 e. The number of aryl methyl sites for hydroxylation is 1. The minimum absolute atomic E-state index is 0.0879. The lowest BCUT2D eigenvalue weighted by molar-refractivity contribution is -0.137. The minimum Gasteiger partial charge on any atom is -0.324 e. The van der Waals surface area contributed by atoms with E-state index in [1.807, 2.05) is 16.8 Å². The Balaban J connectivity index is 2.14. The van der Waals surface area contributed by atoms with Gasteiger partial charge in [0, 0.05) is 11.6 Å². The monoisotopic (exact) mass is 303 g/mol. The SMILES string of the molecule is NC(CCc1ccsc1)c1cc(C(F)(F)F)ccc1F. The maximum absolute atomic E-state index is 13.6. The van der Waals surface area contributed by atoms with Gasteiger partial charge in [0.05, 0.1) is 5.56 Å². The third-order valence-corrected chi connectivity index (χ3v) is 3.78. The molecule has 6 heteroatoms. The molecule has 1 nitrogen and oxygen atoms in total. The van der Waals surface area contributed by atoms with Crippen LogP contribution in [-0.2, 0) is 12.6 Å². The van der Waals surface area contributed by atoms with Gasteiger partial charge in [-0.25, -0.2) is 4.39 Å². The fraction of sp³-hybridized carbons (Fsp3) is 0.286. The van der Waals surface area contributed by atoms with Crippen molar-refractivity contribution in [2.24, 2.45) is 5.73 Å². The van der Waals surface area contributed by atoms with Gasteiger partial charge in [-0.3, -0.25) is 0 Å². The molecule has 1 aromatic carbocycles. The van der Waals surface area contributed by atoms with Crippen molar-refractivity contribution in [2.45, 2.75) is 25.1 Å². The van der Waals surface area contributed by atoms with E-state index < -0.39 is 23.6 Å². The number of halogens is 4. The Morgan fingerprint density at radius 2 is 1.95 bits per heavy atom. The average Bonchev–Trinajstić information content (AvgIpc) is 2.88. The number of thiophene rings is 1. The maximum atomic E-state index is 13.6. The predicted molar refractivity (Wildman–Crippen MR) is 71.0 cm³/mol. The van der Waals surface area contributed by atoms with Gasteiger partial charge in [0.1, 0.15) is 5.82 Å². The van der Waals surface area contributed by atoms with Crippen molar-refractivity contribution >= 4 is 11.3 Å². The molecule has 0 saturated heterocycles. The van der Waals surface area contributed by atoms with E-state index in [0.29, 0.717) is 12.8 Å². The second kappa shape index (κ2) is 5.93. The van der Waals surface area contributed by atoms with Crippen LogP contribution in [0.2, 0.25) is 0 Å². The fourth-order valence-electron chi connectivity index (χ4n) is 1.92. The molecule has 0 saturated carbocycles. The van der Waals surface area contributed by atoms with Crippen molar-refractivity contribution in [1.29, 1.82) is 0 Å². The molecule has 0 aliphatic carbocycles. The quantitative estimate of drug-likeness (QED) is 0.825. The van der Waals surface area contributed by atoms with E-state index in [4.69, 9.17) is 5.73 Å². The molecule has 20 heavy (non-hydrogen) atoms. The van der Waals surface area contributed by atoms with Gasteiger partial charge >= 0.3 is 6.18 Å². The lowest BCUT2D eigenvalue weighted by Crippen LogP contribution is -2.15. The Morgan fingerprint density at radius 1 is 1.20 bits per heavy atom. The summed E-state index contributed by atoms with van der Waals surface area (Å²) in [4.78, 5) is 0. The highest BCUT2D eigenvalue weighted by atomic mass is 32.1. The molecule has 0 aliphatic heterocycles. The summed E-state index contributed by atoms with van der Waals surface area (Å²) in [7, 11) is 0. The predicted octanol–water partition coefficient (Wildman–Crippen LogP) is 4.54. The minimum atomic E-state index is -4.49. The molecule has 2 N–H and O–H groups in total. The first-order valence-corrected chi connectivity index (χ1v) is 6.95. The van der Waals surface area contributed by atoms with E-state index in [1.54, 1.807) is 0 Å². The van der Waals surface area contributed by atoms with Gasteiger partial charge in [0.15, 0.2) is 0 Å². The first kappa shape index (κ1) is 15.0. The zero-order valence-electron chi connectivity index (χ0n) is 10.5. The summed E-state index contributed by atoms with van der Waals surface area (Å²) >= 11 is 1.53. The standard InChI is InChI=1S/C14H13F4NS/c15-12-3-2-10(14(16,17)18)7-11(12)13(19)4-1-9-5-6-20-8-9/h2-3,5-8,13H,1,4,19H2. The molecule has 1 unspecified atom stereocenters. The van der Waals surface area contributed by atoms with Crippen LogP contribution < -0.4 is 5.73 Å². The Labute approximate surface area is 118 Å². The normalized spacial score (nSPS) is 13.4. The first-order valence-electron chi connectivity index (χ1n) is 6.01. The van der Waals surface area contributed by atoms with Crippen molar-refractivity contribution in [3.63, 3.8) is 0 Å². The van der Waals surface area contributed by atoms with E-state index in [1.165, 1.54) is 11.3 Å².